The number of phenolic OH excluding ortho intramolecular Hbond substituents is 1. The minimum absolute atomic E-state index is 0.00928. The fourth-order valence-corrected chi connectivity index (χ4v) is 3.76. The van der Waals surface area contributed by atoms with Crippen molar-refractivity contribution >= 4 is 34.4 Å². The third kappa shape index (κ3) is 4.08. The molecular formula is C23H18ClN3O4. The normalized spacial score (nSPS) is 11.0. The number of aromatic amines is 1. The lowest BCUT2D eigenvalue weighted by Crippen LogP contribution is -2.10. The Hall–Kier alpha value is -3.84. The Morgan fingerprint density at radius 1 is 1.00 bits per heavy atom. The van der Waals surface area contributed by atoms with Gasteiger partial charge in [0.15, 0.2) is 0 Å². The number of carboxylic acid groups (broad SMARTS) is 1. The molecule has 1 amide bonds. The highest BCUT2D eigenvalue weighted by molar-refractivity contribution is 6.34. The van der Waals surface area contributed by atoms with E-state index in [9.17, 15) is 14.7 Å². The van der Waals surface area contributed by atoms with Gasteiger partial charge in [-0.1, -0.05) is 35.9 Å². The average molecular weight is 436 g/mol. The van der Waals surface area contributed by atoms with Gasteiger partial charge in [0.1, 0.15) is 5.75 Å². The first-order chi connectivity index (χ1) is 14.8. The number of nitrogens with zero attached hydrogens (tertiary/aromatic N) is 1. The Labute approximate surface area is 182 Å². The molecule has 4 rings (SSSR count). The van der Waals surface area contributed by atoms with Crippen molar-refractivity contribution in [3.8, 4) is 28.0 Å². The van der Waals surface area contributed by atoms with Gasteiger partial charge in [0.2, 0.25) is 5.91 Å². The molecular weight excluding hydrogens is 418 g/mol. The average Bonchev–Trinajstić information content (AvgIpc) is 3.13. The van der Waals surface area contributed by atoms with Gasteiger partial charge in [-0.05, 0) is 41.5 Å². The van der Waals surface area contributed by atoms with Crippen LogP contribution in [0, 0.1) is 0 Å². The molecule has 156 valence electrons. The number of fused-ring (bicyclic) bond motifs is 1. The molecule has 0 aliphatic rings. The van der Waals surface area contributed by atoms with E-state index in [1.807, 2.05) is 30.3 Å². The fourth-order valence-electron chi connectivity index (χ4n) is 3.49. The maximum absolute atomic E-state index is 11.3. The maximum atomic E-state index is 11.3. The van der Waals surface area contributed by atoms with Crippen LogP contribution in [0.1, 0.15) is 22.5 Å². The number of rotatable bonds is 6. The van der Waals surface area contributed by atoms with Crippen LogP contribution in [0.15, 0.2) is 54.6 Å². The van der Waals surface area contributed by atoms with Crippen molar-refractivity contribution in [2.24, 2.45) is 5.73 Å². The van der Waals surface area contributed by atoms with Crippen molar-refractivity contribution in [3.63, 3.8) is 0 Å². The Kier molecular flexibility index (Phi) is 5.35. The third-order valence-electron chi connectivity index (χ3n) is 5.09. The van der Waals surface area contributed by atoms with Crippen LogP contribution in [0.4, 0.5) is 0 Å². The molecule has 5 N–H and O–H groups in total. The summed E-state index contributed by atoms with van der Waals surface area (Å²) in [4.78, 5) is 22.2. The Balaban J connectivity index is 1.69. The molecule has 1 heterocycles. The highest BCUT2D eigenvalue weighted by atomic mass is 35.5. The van der Waals surface area contributed by atoms with Gasteiger partial charge in [0.05, 0.1) is 22.7 Å². The topological polar surface area (TPSA) is 129 Å². The van der Waals surface area contributed by atoms with Gasteiger partial charge >= 0.3 is 5.97 Å². The van der Waals surface area contributed by atoms with E-state index in [2.05, 4.69) is 10.2 Å². The zero-order valence-corrected chi connectivity index (χ0v) is 17.0. The lowest BCUT2D eigenvalue weighted by atomic mass is 9.97. The molecule has 0 unspecified atom stereocenters. The number of H-pyrrole nitrogens is 1. The van der Waals surface area contributed by atoms with Crippen molar-refractivity contribution in [1.29, 1.82) is 0 Å². The molecule has 3 aromatic carbocycles. The molecule has 0 saturated heterocycles. The summed E-state index contributed by atoms with van der Waals surface area (Å²) < 4.78 is 0. The summed E-state index contributed by atoms with van der Waals surface area (Å²) in [5.41, 5.74) is 9.87. The molecule has 31 heavy (non-hydrogen) atoms. The maximum Gasteiger partial charge on any atom is 0.303 e. The molecule has 0 fully saturated rings. The van der Waals surface area contributed by atoms with Crippen LogP contribution in [0.3, 0.4) is 0 Å². The summed E-state index contributed by atoms with van der Waals surface area (Å²) >= 11 is 6.48. The van der Waals surface area contributed by atoms with E-state index in [4.69, 9.17) is 22.4 Å². The number of amides is 1. The van der Waals surface area contributed by atoms with E-state index in [-0.39, 0.29) is 17.7 Å². The minimum Gasteiger partial charge on any atom is -0.507 e. The highest BCUT2D eigenvalue weighted by Crippen LogP contribution is 2.35. The van der Waals surface area contributed by atoms with Gasteiger partial charge in [-0.3, -0.25) is 14.7 Å². The summed E-state index contributed by atoms with van der Waals surface area (Å²) in [5, 5.41) is 27.7. The quantitative estimate of drug-likeness (QED) is 0.357. The highest BCUT2D eigenvalue weighted by Gasteiger charge is 2.13. The van der Waals surface area contributed by atoms with Crippen molar-refractivity contribution < 1.29 is 19.8 Å². The number of aromatic hydroxyl groups is 1. The summed E-state index contributed by atoms with van der Waals surface area (Å²) in [5.74, 6) is -1.53. The number of halogens is 1. The summed E-state index contributed by atoms with van der Waals surface area (Å²) in [7, 11) is 0. The molecule has 0 atom stereocenters. The van der Waals surface area contributed by atoms with Crippen LogP contribution in [0.5, 0.6) is 5.75 Å². The lowest BCUT2D eigenvalue weighted by Gasteiger charge is -2.09. The molecule has 7 nitrogen and oxygen atoms in total. The number of aromatic nitrogens is 2. The van der Waals surface area contributed by atoms with Crippen molar-refractivity contribution in [2.45, 2.75) is 12.8 Å². The monoisotopic (exact) mass is 435 g/mol. The van der Waals surface area contributed by atoms with E-state index in [0.29, 0.717) is 22.7 Å². The van der Waals surface area contributed by atoms with Crippen LogP contribution in [0.2, 0.25) is 5.02 Å². The van der Waals surface area contributed by atoms with Gasteiger partial charge in [0, 0.05) is 28.5 Å². The predicted molar refractivity (Wildman–Crippen MR) is 118 cm³/mol. The van der Waals surface area contributed by atoms with E-state index in [1.54, 1.807) is 18.2 Å². The zero-order valence-electron chi connectivity index (χ0n) is 16.2. The van der Waals surface area contributed by atoms with Crippen LogP contribution < -0.4 is 5.73 Å². The lowest BCUT2D eigenvalue weighted by molar-refractivity contribution is -0.136. The smallest absolute Gasteiger partial charge is 0.303 e. The number of benzene rings is 3. The molecule has 0 aliphatic carbocycles. The Morgan fingerprint density at radius 2 is 1.68 bits per heavy atom. The number of carbonyl (C=O) groups is 2. The van der Waals surface area contributed by atoms with Gasteiger partial charge in [-0.15, -0.1) is 0 Å². The van der Waals surface area contributed by atoms with Crippen LogP contribution >= 0.6 is 11.6 Å². The molecule has 0 saturated carbocycles. The van der Waals surface area contributed by atoms with Crippen molar-refractivity contribution in [1.82, 2.24) is 10.2 Å². The first kappa shape index (κ1) is 20.4. The van der Waals surface area contributed by atoms with E-state index >= 15 is 0 Å². The number of nitrogens with two attached hydrogens (primary N) is 1. The molecule has 4 aromatic rings. The molecule has 1 aromatic heterocycles. The molecule has 0 radical (unpaired) electrons. The predicted octanol–water partition coefficient (Wildman–Crippen LogP) is 4.37. The number of carbonyl (C=O) groups excluding carboxylic acids is 1. The molecule has 0 spiro atoms. The Bertz CT molecular complexity index is 1310. The second kappa shape index (κ2) is 8.12. The summed E-state index contributed by atoms with van der Waals surface area (Å²) in [6, 6.07) is 15.6. The molecule has 8 heteroatoms. The summed E-state index contributed by atoms with van der Waals surface area (Å²) in [6.45, 7) is 0. The number of carboxylic acids is 1. The van der Waals surface area contributed by atoms with Gasteiger partial charge < -0.3 is 15.9 Å². The zero-order chi connectivity index (χ0) is 22.1. The number of hydrogen-bond acceptors (Lipinski definition) is 4. The van der Waals surface area contributed by atoms with Crippen LogP contribution in [-0.4, -0.2) is 32.3 Å². The first-order valence-corrected chi connectivity index (χ1v) is 9.83. The van der Waals surface area contributed by atoms with Crippen LogP contribution in [-0.2, 0) is 11.2 Å². The number of primary amides is 1. The second-order valence-corrected chi connectivity index (χ2v) is 7.52. The van der Waals surface area contributed by atoms with Gasteiger partial charge in [0.25, 0.3) is 0 Å². The first-order valence-electron chi connectivity index (χ1n) is 9.45. The summed E-state index contributed by atoms with van der Waals surface area (Å²) in [6.07, 6.45) is 0.306. The fraction of sp³-hybridized carbons (Fsp3) is 0.0870. The van der Waals surface area contributed by atoms with Gasteiger partial charge in [-0.2, -0.15) is 5.10 Å². The number of aliphatic carboxylic acids is 1. The van der Waals surface area contributed by atoms with Crippen molar-refractivity contribution in [3.05, 3.63) is 70.9 Å². The van der Waals surface area contributed by atoms with E-state index in [0.717, 1.165) is 27.6 Å². The van der Waals surface area contributed by atoms with Crippen molar-refractivity contribution in [2.75, 3.05) is 0 Å². The standard InChI is InChI=1S/C23H18ClN3O4/c24-18-11-20-17(19(26-27-20)7-8-22(29)30)10-16(18)13-3-1-12(2-4-13)15-6-5-14(23(25)31)9-21(15)28/h1-6,9-11,28H,7-8H2,(H2,25,31)(H,26,27)(H,29,30). The van der Waals surface area contributed by atoms with E-state index < -0.39 is 11.9 Å². The van der Waals surface area contributed by atoms with E-state index in [1.165, 1.54) is 6.07 Å². The second-order valence-electron chi connectivity index (χ2n) is 7.12. The van der Waals surface area contributed by atoms with Crippen LogP contribution in [0.25, 0.3) is 33.2 Å². The number of nitrogens with one attached hydrogen (secondary N) is 1. The van der Waals surface area contributed by atoms with Gasteiger partial charge in [-0.25, -0.2) is 0 Å². The number of aryl methyl sites for hydroxylation is 1. The largest absolute Gasteiger partial charge is 0.507 e. The number of hydrogen-bond donors (Lipinski definition) is 4. The Morgan fingerprint density at radius 3 is 2.29 bits per heavy atom. The number of phenols is 1. The molecule has 0 aliphatic heterocycles. The SMILES string of the molecule is NC(=O)c1ccc(-c2ccc(-c3cc4c(CCC(=O)O)n[nH]c4cc3Cl)cc2)c(O)c1. The molecule has 0 bridgehead atoms. The minimum atomic E-state index is -0.881. The third-order valence-corrected chi connectivity index (χ3v) is 5.41.